The average Bonchev–Trinajstić information content (AvgIpc) is 3.09. The minimum Gasteiger partial charge on any atom is -0.340 e. The summed E-state index contributed by atoms with van der Waals surface area (Å²) in [7, 11) is 0. The molecule has 152 valence electrons. The number of carbonyl (C=O) groups excluding carboxylic acids is 2. The fourth-order valence-corrected chi connectivity index (χ4v) is 3.53. The van der Waals surface area contributed by atoms with Gasteiger partial charge in [0.25, 0.3) is 5.91 Å². The SMILES string of the molecule is O=C(NC1CCN(Cc2ccc(Cl)cc2)C1=O)c1ccc(-c2ccc(F)cc2)nc1. The molecular weight excluding hydrogens is 405 g/mol. The van der Waals surface area contributed by atoms with Crippen molar-refractivity contribution in [3.8, 4) is 11.3 Å². The Labute approximate surface area is 178 Å². The molecule has 1 fully saturated rings. The summed E-state index contributed by atoms with van der Waals surface area (Å²) in [5.74, 6) is -0.768. The van der Waals surface area contributed by atoms with E-state index in [4.69, 9.17) is 11.6 Å². The van der Waals surface area contributed by atoms with Crippen molar-refractivity contribution in [2.75, 3.05) is 6.54 Å². The molecule has 0 aliphatic carbocycles. The Balaban J connectivity index is 1.37. The molecule has 0 spiro atoms. The lowest BCUT2D eigenvalue weighted by Gasteiger charge is -2.17. The van der Waals surface area contributed by atoms with Gasteiger partial charge in [-0.25, -0.2) is 4.39 Å². The summed E-state index contributed by atoms with van der Waals surface area (Å²) in [5.41, 5.74) is 2.75. The van der Waals surface area contributed by atoms with Gasteiger partial charge >= 0.3 is 0 Å². The maximum atomic E-state index is 13.1. The van der Waals surface area contributed by atoms with Crippen molar-refractivity contribution in [3.05, 3.63) is 88.8 Å². The Morgan fingerprint density at radius 3 is 2.50 bits per heavy atom. The second-order valence-corrected chi connectivity index (χ2v) is 7.58. The summed E-state index contributed by atoms with van der Waals surface area (Å²) < 4.78 is 13.1. The highest BCUT2D eigenvalue weighted by atomic mass is 35.5. The first-order chi connectivity index (χ1) is 14.5. The van der Waals surface area contributed by atoms with Crippen LogP contribution in [0.4, 0.5) is 4.39 Å². The van der Waals surface area contributed by atoms with Crippen LogP contribution in [0, 0.1) is 5.82 Å². The number of amides is 2. The minimum absolute atomic E-state index is 0.103. The van der Waals surface area contributed by atoms with Gasteiger partial charge in [-0.3, -0.25) is 14.6 Å². The minimum atomic E-state index is -0.554. The molecule has 1 aliphatic rings. The second kappa shape index (κ2) is 8.63. The molecule has 5 nitrogen and oxygen atoms in total. The molecule has 4 rings (SSSR count). The topological polar surface area (TPSA) is 62.3 Å². The van der Waals surface area contributed by atoms with Gasteiger partial charge in [-0.2, -0.15) is 0 Å². The van der Waals surface area contributed by atoms with Crippen LogP contribution >= 0.6 is 11.6 Å². The largest absolute Gasteiger partial charge is 0.340 e. The third kappa shape index (κ3) is 4.49. The third-order valence-corrected chi connectivity index (χ3v) is 5.31. The van der Waals surface area contributed by atoms with Gasteiger partial charge in [0.15, 0.2) is 0 Å². The fourth-order valence-electron chi connectivity index (χ4n) is 3.40. The summed E-state index contributed by atoms with van der Waals surface area (Å²) in [6.45, 7) is 1.06. The molecule has 3 aromatic rings. The van der Waals surface area contributed by atoms with E-state index in [0.29, 0.717) is 35.8 Å². The van der Waals surface area contributed by atoms with Gasteiger partial charge in [0.1, 0.15) is 11.9 Å². The van der Waals surface area contributed by atoms with Gasteiger partial charge in [0, 0.05) is 29.9 Å². The van der Waals surface area contributed by atoms with E-state index < -0.39 is 6.04 Å². The summed E-state index contributed by atoms with van der Waals surface area (Å²) in [6.07, 6.45) is 2.01. The molecule has 7 heteroatoms. The van der Waals surface area contributed by atoms with E-state index in [2.05, 4.69) is 10.3 Å². The van der Waals surface area contributed by atoms with Crippen LogP contribution in [-0.2, 0) is 11.3 Å². The first-order valence-electron chi connectivity index (χ1n) is 9.56. The van der Waals surface area contributed by atoms with Crippen molar-refractivity contribution in [1.29, 1.82) is 0 Å². The van der Waals surface area contributed by atoms with Crippen LogP contribution in [0.3, 0.4) is 0 Å². The molecule has 30 heavy (non-hydrogen) atoms. The van der Waals surface area contributed by atoms with E-state index in [1.54, 1.807) is 41.3 Å². The number of benzene rings is 2. The van der Waals surface area contributed by atoms with Crippen molar-refractivity contribution in [2.45, 2.75) is 19.0 Å². The lowest BCUT2D eigenvalue weighted by Crippen LogP contribution is -2.41. The Kier molecular flexibility index (Phi) is 5.77. The van der Waals surface area contributed by atoms with E-state index >= 15 is 0 Å². The molecule has 1 unspecified atom stereocenters. The molecule has 2 aromatic carbocycles. The van der Waals surface area contributed by atoms with Crippen LogP contribution in [0.2, 0.25) is 5.02 Å². The number of nitrogens with one attached hydrogen (secondary N) is 1. The van der Waals surface area contributed by atoms with Crippen molar-refractivity contribution in [2.24, 2.45) is 0 Å². The van der Waals surface area contributed by atoms with Gasteiger partial charge in [-0.15, -0.1) is 0 Å². The van der Waals surface area contributed by atoms with Gasteiger partial charge < -0.3 is 10.2 Å². The average molecular weight is 424 g/mol. The Morgan fingerprint density at radius 1 is 1.10 bits per heavy atom. The zero-order chi connectivity index (χ0) is 21.1. The van der Waals surface area contributed by atoms with Crippen LogP contribution in [-0.4, -0.2) is 34.3 Å². The fraction of sp³-hybridized carbons (Fsp3) is 0.174. The van der Waals surface area contributed by atoms with Crippen LogP contribution in [0.15, 0.2) is 66.9 Å². The van der Waals surface area contributed by atoms with Crippen molar-refractivity contribution in [3.63, 3.8) is 0 Å². The molecule has 1 saturated heterocycles. The van der Waals surface area contributed by atoms with Gasteiger partial charge in [-0.05, 0) is 60.5 Å². The molecular formula is C23H19ClFN3O2. The Hall–Kier alpha value is -3.25. The van der Waals surface area contributed by atoms with Crippen LogP contribution in [0.5, 0.6) is 0 Å². The monoisotopic (exact) mass is 423 g/mol. The van der Waals surface area contributed by atoms with Crippen molar-refractivity contribution < 1.29 is 14.0 Å². The second-order valence-electron chi connectivity index (χ2n) is 7.14. The predicted octanol–water partition coefficient (Wildman–Crippen LogP) is 4.07. The molecule has 0 radical (unpaired) electrons. The molecule has 1 aromatic heterocycles. The van der Waals surface area contributed by atoms with Gasteiger partial charge in [0.2, 0.25) is 5.91 Å². The van der Waals surface area contributed by atoms with Gasteiger partial charge in [-0.1, -0.05) is 23.7 Å². The molecule has 2 heterocycles. The smallest absolute Gasteiger partial charge is 0.253 e. The normalized spacial score (nSPS) is 16.0. The van der Waals surface area contributed by atoms with E-state index in [1.165, 1.54) is 18.3 Å². The lowest BCUT2D eigenvalue weighted by atomic mass is 10.1. The Morgan fingerprint density at radius 2 is 1.83 bits per heavy atom. The van der Waals surface area contributed by atoms with Crippen molar-refractivity contribution >= 4 is 23.4 Å². The number of hydrogen-bond donors (Lipinski definition) is 1. The first-order valence-corrected chi connectivity index (χ1v) is 9.93. The van der Waals surface area contributed by atoms with E-state index in [1.807, 2.05) is 12.1 Å². The highest BCUT2D eigenvalue weighted by molar-refractivity contribution is 6.30. The summed E-state index contributed by atoms with van der Waals surface area (Å²) in [5, 5.41) is 3.44. The number of rotatable bonds is 5. The van der Waals surface area contributed by atoms with E-state index in [9.17, 15) is 14.0 Å². The molecule has 1 atom stereocenters. The highest BCUT2D eigenvalue weighted by Crippen LogP contribution is 2.19. The van der Waals surface area contributed by atoms with Crippen molar-refractivity contribution in [1.82, 2.24) is 15.2 Å². The number of hydrogen-bond acceptors (Lipinski definition) is 3. The molecule has 1 aliphatic heterocycles. The molecule has 0 bridgehead atoms. The number of halogens is 2. The van der Waals surface area contributed by atoms with Gasteiger partial charge in [0.05, 0.1) is 11.3 Å². The maximum absolute atomic E-state index is 13.1. The predicted molar refractivity (Wildman–Crippen MR) is 112 cm³/mol. The van der Waals surface area contributed by atoms with Crippen LogP contribution in [0.1, 0.15) is 22.3 Å². The zero-order valence-corrected chi connectivity index (χ0v) is 16.8. The third-order valence-electron chi connectivity index (χ3n) is 5.06. The molecule has 1 N–H and O–H groups in total. The number of aromatic nitrogens is 1. The quantitative estimate of drug-likeness (QED) is 0.672. The van der Waals surface area contributed by atoms with Crippen LogP contribution in [0.25, 0.3) is 11.3 Å². The Bertz CT molecular complexity index is 1050. The summed E-state index contributed by atoms with van der Waals surface area (Å²) in [6, 6.07) is 16.1. The maximum Gasteiger partial charge on any atom is 0.253 e. The number of nitrogens with zero attached hydrogens (tertiary/aromatic N) is 2. The van der Waals surface area contributed by atoms with E-state index in [-0.39, 0.29) is 17.6 Å². The zero-order valence-electron chi connectivity index (χ0n) is 16.0. The number of pyridine rings is 1. The van der Waals surface area contributed by atoms with Crippen LogP contribution < -0.4 is 5.32 Å². The number of likely N-dealkylation sites (tertiary alicyclic amines) is 1. The summed E-state index contributed by atoms with van der Waals surface area (Å²) >= 11 is 5.90. The molecule has 2 amide bonds. The lowest BCUT2D eigenvalue weighted by molar-refractivity contribution is -0.129. The summed E-state index contributed by atoms with van der Waals surface area (Å²) in [4.78, 5) is 31.2. The standard InChI is InChI=1S/C23H19ClFN3O2/c24-18-6-1-15(2-7-18)14-28-12-11-21(23(28)30)27-22(29)17-5-10-20(26-13-17)16-3-8-19(25)9-4-16/h1-10,13,21H,11-12,14H2,(H,27,29). The van der Waals surface area contributed by atoms with E-state index in [0.717, 1.165) is 11.1 Å². The first kappa shape index (κ1) is 20.0. The highest BCUT2D eigenvalue weighted by Gasteiger charge is 2.32. The number of carbonyl (C=O) groups is 2. The molecule has 0 saturated carbocycles.